The fourth-order valence-corrected chi connectivity index (χ4v) is 4.49. The number of rotatable bonds is 4. The number of thiazole rings is 1. The van der Waals surface area contributed by atoms with Crippen LogP contribution in [0.5, 0.6) is 0 Å². The molecule has 1 aliphatic carbocycles. The van der Waals surface area contributed by atoms with Crippen LogP contribution in [0.1, 0.15) is 41.8 Å². The maximum Gasteiger partial charge on any atom is 0.115 e. The van der Waals surface area contributed by atoms with Crippen molar-refractivity contribution in [2.75, 3.05) is 26.7 Å². The molecule has 1 saturated heterocycles. The lowest BCUT2D eigenvalue weighted by atomic mass is 9.99. The zero-order valence-corrected chi connectivity index (χ0v) is 12.3. The van der Waals surface area contributed by atoms with Crippen molar-refractivity contribution in [3.8, 4) is 0 Å². The van der Waals surface area contributed by atoms with E-state index in [0.717, 1.165) is 13.1 Å². The highest BCUT2D eigenvalue weighted by Crippen LogP contribution is 2.38. The second kappa shape index (κ2) is 4.91. The average Bonchev–Trinajstić information content (AvgIpc) is 3.00. The van der Waals surface area contributed by atoms with Gasteiger partial charge in [0.2, 0.25) is 0 Å². The van der Waals surface area contributed by atoms with Crippen molar-refractivity contribution in [3.05, 3.63) is 15.6 Å². The summed E-state index contributed by atoms with van der Waals surface area (Å²) in [6.45, 7) is 5.62. The number of likely N-dealkylation sites (N-methyl/N-ethyl adjacent to an activating group) is 1. The van der Waals surface area contributed by atoms with E-state index in [4.69, 9.17) is 4.98 Å². The van der Waals surface area contributed by atoms with Gasteiger partial charge in [-0.25, -0.2) is 4.98 Å². The van der Waals surface area contributed by atoms with Crippen LogP contribution in [-0.2, 0) is 18.4 Å². The monoisotopic (exact) mass is 265 g/mol. The van der Waals surface area contributed by atoms with Gasteiger partial charge in [-0.1, -0.05) is 6.92 Å². The van der Waals surface area contributed by atoms with Gasteiger partial charge in [0, 0.05) is 18.0 Å². The molecule has 0 amide bonds. The van der Waals surface area contributed by atoms with E-state index >= 15 is 0 Å². The molecule has 2 aliphatic rings. The molecule has 18 heavy (non-hydrogen) atoms. The summed E-state index contributed by atoms with van der Waals surface area (Å²) in [6.07, 6.45) is 6.16. The van der Waals surface area contributed by atoms with E-state index in [2.05, 4.69) is 24.2 Å². The summed E-state index contributed by atoms with van der Waals surface area (Å²) < 4.78 is 0. The maximum atomic E-state index is 4.96. The predicted molar refractivity (Wildman–Crippen MR) is 76.2 cm³/mol. The van der Waals surface area contributed by atoms with Gasteiger partial charge in [0.05, 0.1) is 11.2 Å². The van der Waals surface area contributed by atoms with Crippen LogP contribution < -0.4 is 5.32 Å². The highest BCUT2D eigenvalue weighted by molar-refractivity contribution is 7.12. The molecule has 0 saturated carbocycles. The molecule has 1 atom stereocenters. The number of nitrogens with one attached hydrogen (secondary N) is 1. The lowest BCUT2D eigenvalue weighted by molar-refractivity contribution is 0.315. The molecule has 1 unspecified atom stereocenters. The number of nitrogens with zero attached hydrogens (tertiary/aromatic N) is 2. The van der Waals surface area contributed by atoms with Crippen LogP contribution in [0.25, 0.3) is 0 Å². The van der Waals surface area contributed by atoms with E-state index in [0.29, 0.717) is 0 Å². The van der Waals surface area contributed by atoms with E-state index in [-0.39, 0.29) is 5.54 Å². The summed E-state index contributed by atoms with van der Waals surface area (Å²) in [6, 6.07) is 0. The van der Waals surface area contributed by atoms with Crippen molar-refractivity contribution in [1.82, 2.24) is 15.2 Å². The number of hydrogen-bond donors (Lipinski definition) is 1. The number of aromatic nitrogens is 1. The van der Waals surface area contributed by atoms with Crippen LogP contribution in [0.2, 0.25) is 0 Å². The molecule has 4 heteroatoms. The third-order valence-corrected chi connectivity index (χ3v) is 5.54. The minimum Gasteiger partial charge on any atom is -0.304 e. The molecule has 100 valence electrons. The molecule has 0 radical (unpaired) electrons. The van der Waals surface area contributed by atoms with Crippen molar-refractivity contribution in [2.45, 2.75) is 44.6 Å². The van der Waals surface area contributed by atoms with E-state index in [9.17, 15) is 0 Å². The fraction of sp³-hybridized carbons (Fsp3) is 0.786. The van der Waals surface area contributed by atoms with Crippen LogP contribution >= 0.6 is 11.3 Å². The molecule has 1 aromatic heterocycles. The molecule has 1 N–H and O–H groups in total. The van der Waals surface area contributed by atoms with Gasteiger partial charge in [0.1, 0.15) is 5.01 Å². The van der Waals surface area contributed by atoms with Gasteiger partial charge in [0.25, 0.3) is 0 Å². The molecular formula is C14H23N3S. The fourth-order valence-electron chi connectivity index (χ4n) is 3.15. The van der Waals surface area contributed by atoms with Crippen LogP contribution in [-0.4, -0.2) is 36.6 Å². The molecule has 0 bridgehead atoms. The first-order chi connectivity index (χ1) is 8.73. The summed E-state index contributed by atoms with van der Waals surface area (Å²) >= 11 is 1.97. The molecule has 2 heterocycles. The lowest BCUT2D eigenvalue weighted by Crippen LogP contribution is -2.44. The summed E-state index contributed by atoms with van der Waals surface area (Å²) in [5.74, 6) is 0. The van der Waals surface area contributed by atoms with E-state index in [1.165, 1.54) is 49.4 Å². The number of hydrogen-bond acceptors (Lipinski definition) is 4. The Morgan fingerprint density at radius 2 is 2.33 bits per heavy atom. The average molecular weight is 265 g/mol. The molecule has 0 spiro atoms. The third-order valence-electron chi connectivity index (χ3n) is 4.18. The van der Waals surface area contributed by atoms with Crippen molar-refractivity contribution < 1.29 is 0 Å². The second-order valence-corrected chi connectivity index (χ2v) is 6.82. The topological polar surface area (TPSA) is 28.2 Å². The molecule has 3 nitrogen and oxygen atoms in total. The Morgan fingerprint density at radius 1 is 1.44 bits per heavy atom. The lowest BCUT2D eigenvalue weighted by Gasteiger charge is -2.28. The highest BCUT2D eigenvalue weighted by Gasteiger charge is 2.41. The van der Waals surface area contributed by atoms with E-state index < -0.39 is 0 Å². The SMILES string of the molecule is CCCNC1(c2nc3c(s2)CCC3)CCN(C)C1. The summed E-state index contributed by atoms with van der Waals surface area (Å²) in [7, 11) is 2.22. The molecule has 0 aromatic carbocycles. The number of fused-ring (bicyclic) bond motifs is 1. The minimum atomic E-state index is 0.139. The van der Waals surface area contributed by atoms with Gasteiger partial charge < -0.3 is 10.2 Å². The van der Waals surface area contributed by atoms with Crippen LogP contribution in [0.15, 0.2) is 0 Å². The summed E-state index contributed by atoms with van der Waals surface area (Å²) in [4.78, 5) is 8.94. The summed E-state index contributed by atoms with van der Waals surface area (Å²) in [5, 5.41) is 5.14. The largest absolute Gasteiger partial charge is 0.304 e. The Hall–Kier alpha value is -0.450. The quantitative estimate of drug-likeness (QED) is 0.904. The Labute approximate surface area is 114 Å². The molecule has 1 aliphatic heterocycles. The third kappa shape index (κ3) is 2.10. The van der Waals surface area contributed by atoms with Crippen LogP contribution in [0.4, 0.5) is 0 Å². The van der Waals surface area contributed by atoms with Gasteiger partial charge in [0.15, 0.2) is 0 Å². The van der Waals surface area contributed by atoms with Crippen molar-refractivity contribution in [2.24, 2.45) is 0 Å². The van der Waals surface area contributed by atoms with Crippen LogP contribution in [0.3, 0.4) is 0 Å². The molecule has 1 aromatic rings. The molecule has 1 fully saturated rings. The normalized spacial score (nSPS) is 27.9. The molecular weight excluding hydrogens is 242 g/mol. The highest BCUT2D eigenvalue weighted by atomic mass is 32.1. The Morgan fingerprint density at radius 3 is 3.00 bits per heavy atom. The van der Waals surface area contributed by atoms with Gasteiger partial charge in [-0.15, -0.1) is 11.3 Å². The smallest absolute Gasteiger partial charge is 0.115 e. The Balaban J connectivity index is 1.87. The van der Waals surface area contributed by atoms with Gasteiger partial charge in [-0.3, -0.25) is 0 Å². The summed E-state index contributed by atoms with van der Waals surface area (Å²) in [5.41, 5.74) is 1.53. The standard InChI is InChI=1S/C14H23N3S/c1-3-8-15-14(7-9-17(2)10-14)13-16-11-5-4-6-12(11)18-13/h15H,3-10H2,1-2H3. The van der Waals surface area contributed by atoms with Crippen molar-refractivity contribution in [3.63, 3.8) is 0 Å². The van der Waals surface area contributed by atoms with E-state index in [1.807, 2.05) is 11.3 Å². The van der Waals surface area contributed by atoms with Gasteiger partial charge in [-0.2, -0.15) is 0 Å². The van der Waals surface area contributed by atoms with E-state index in [1.54, 1.807) is 4.88 Å². The van der Waals surface area contributed by atoms with Gasteiger partial charge in [-0.05, 0) is 45.7 Å². The Bertz CT molecular complexity index is 407. The van der Waals surface area contributed by atoms with Gasteiger partial charge >= 0.3 is 0 Å². The van der Waals surface area contributed by atoms with Crippen molar-refractivity contribution >= 4 is 11.3 Å². The first-order valence-corrected chi connectivity index (χ1v) is 7.98. The minimum absolute atomic E-state index is 0.139. The number of aryl methyl sites for hydroxylation is 2. The maximum absolute atomic E-state index is 4.96. The van der Waals surface area contributed by atoms with Crippen LogP contribution in [0, 0.1) is 0 Å². The zero-order valence-electron chi connectivity index (χ0n) is 11.5. The zero-order chi connectivity index (χ0) is 12.6. The number of likely N-dealkylation sites (tertiary alicyclic amines) is 1. The Kier molecular flexibility index (Phi) is 3.43. The first-order valence-electron chi connectivity index (χ1n) is 7.16. The molecule has 3 rings (SSSR count). The van der Waals surface area contributed by atoms with Crippen molar-refractivity contribution in [1.29, 1.82) is 0 Å². The first kappa shape index (κ1) is 12.6. The predicted octanol–water partition coefficient (Wildman–Crippen LogP) is 2.16. The second-order valence-electron chi connectivity index (χ2n) is 5.74.